The second-order valence-corrected chi connectivity index (χ2v) is 18.9. The average Bonchev–Trinajstić information content (AvgIpc) is 3.96. The highest BCUT2D eigenvalue weighted by molar-refractivity contribution is 7.19. The van der Waals surface area contributed by atoms with Crippen molar-refractivity contribution in [3.05, 3.63) is 248 Å². The number of hydrogen-bond acceptors (Lipinski definition) is 6. The van der Waals surface area contributed by atoms with Crippen LogP contribution in [0.4, 0.5) is 5.69 Å². The van der Waals surface area contributed by atoms with E-state index in [1.165, 1.54) is 0 Å². The van der Waals surface area contributed by atoms with Crippen LogP contribution in [0.25, 0.3) is 137 Å². The Balaban J connectivity index is 1.11. The molecule has 5 aromatic heterocycles. The predicted octanol–water partition coefficient (Wildman–Crippen LogP) is 17.7. The fourth-order valence-electron chi connectivity index (χ4n) is 10.2. The van der Waals surface area contributed by atoms with Gasteiger partial charge >= 0.3 is 0 Å². The Morgan fingerprint density at radius 3 is 1.16 bits per heavy atom. The van der Waals surface area contributed by atoms with Gasteiger partial charge in [0.15, 0.2) is 0 Å². The molecule has 0 saturated carbocycles. The van der Waals surface area contributed by atoms with Crippen LogP contribution in [0.3, 0.4) is 0 Å². The number of nitrogens with zero attached hydrogens (tertiary/aromatic N) is 6. The number of pyridine rings is 4. The monoisotopic (exact) mass is 946 g/mol. The summed E-state index contributed by atoms with van der Waals surface area (Å²) in [6, 6.07) is 80.7. The first-order valence-electron chi connectivity index (χ1n) is 24.0. The Morgan fingerprint density at radius 2 is 0.726 bits per heavy atom. The number of thiophene rings is 1. The molecule has 13 rings (SSSR count). The second-order valence-electron chi connectivity index (χ2n) is 17.8. The number of benzene rings is 8. The number of aromatic nitrogens is 4. The number of nitriles is 1. The number of fused-ring (bicyclic) bond motifs is 6. The van der Waals surface area contributed by atoms with E-state index in [4.69, 9.17) is 26.5 Å². The standard InChI is InChI=1S/C66H38N6S/c1-68-66-59(50-35-33-48-52(42-22-10-3-11-23-42)39-55(44-26-14-5-15-27-44)70-63(48)65(50)72-61(66)46-30-18-7-19-31-46)57-37-36-56(73-57)58-49-34-32-47-51(41-20-8-2-9-21-41)38-54(43-24-12-4-13-25-43)69-62(47)64(49)71-60(53(58)40-67)45-28-16-6-17-29-45/h2-39H. The molecule has 7 heteroatoms. The number of rotatable bonds is 8. The third-order valence-electron chi connectivity index (χ3n) is 13.6. The third-order valence-corrected chi connectivity index (χ3v) is 14.7. The van der Waals surface area contributed by atoms with Crippen LogP contribution in [0.15, 0.2) is 231 Å². The van der Waals surface area contributed by atoms with Crippen molar-refractivity contribution in [1.29, 1.82) is 5.26 Å². The highest BCUT2D eigenvalue weighted by atomic mass is 32.1. The predicted molar refractivity (Wildman–Crippen MR) is 300 cm³/mol. The van der Waals surface area contributed by atoms with E-state index >= 15 is 0 Å². The lowest BCUT2D eigenvalue weighted by atomic mass is 9.93. The van der Waals surface area contributed by atoms with Crippen LogP contribution in [0.2, 0.25) is 0 Å². The van der Waals surface area contributed by atoms with E-state index in [0.29, 0.717) is 33.7 Å². The molecule has 13 aromatic rings. The largest absolute Gasteiger partial charge is 0.257 e. The summed E-state index contributed by atoms with van der Waals surface area (Å²) in [5.74, 6) is 0. The molecule has 0 aliphatic carbocycles. The molecule has 73 heavy (non-hydrogen) atoms. The maximum atomic E-state index is 11.3. The summed E-state index contributed by atoms with van der Waals surface area (Å²) in [5, 5.41) is 14.9. The maximum absolute atomic E-state index is 11.3. The molecule has 0 N–H and O–H groups in total. The summed E-state index contributed by atoms with van der Waals surface area (Å²) in [7, 11) is 0. The Morgan fingerprint density at radius 1 is 0.370 bits per heavy atom. The van der Waals surface area contributed by atoms with Crippen LogP contribution in [-0.4, -0.2) is 19.9 Å². The van der Waals surface area contributed by atoms with Gasteiger partial charge in [-0.15, -0.1) is 11.3 Å². The van der Waals surface area contributed by atoms with Gasteiger partial charge in [0.25, 0.3) is 0 Å². The Bertz CT molecular complexity index is 4080. The van der Waals surface area contributed by atoms with Gasteiger partial charge in [0.05, 0.1) is 57.0 Å². The topological polar surface area (TPSA) is 79.7 Å². The Kier molecular flexibility index (Phi) is 10.7. The average molecular weight is 947 g/mol. The van der Waals surface area contributed by atoms with Crippen LogP contribution in [-0.2, 0) is 0 Å². The van der Waals surface area contributed by atoms with E-state index in [-0.39, 0.29) is 0 Å². The third kappa shape index (κ3) is 7.48. The molecule has 8 aromatic carbocycles. The SMILES string of the molecule is [C-]#[N+]c1c(-c2ccccc2)nc2c(ccc3c(-c4ccccc4)cc(-c4ccccc4)nc32)c1-c1ccc(-c2c(C#N)c(-c3ccccc3)nc3c2ccc2c(-c4ccccc4)cc(-c4ccccc4)nc23)s1. The normalized spacial score (nSPS) is 11.3. The summed E-state index contributed by atoms with van der Waals surface area (Å²) in [6.07, 6.45) is 0. The smallest absolute Gasteiger partial charge is 0.222 e. The van der Waals surface area contributed by atoms with E-state index in [1.807, 2.05) is 109 Å². The quantitative estimate of drug-likeness (QED) is 0.112. The highest BCUT2D eigenvalue weighted by Crippen LogP contribution is 2.50. The van der Waals surface area contributed by atoms with Crippen molar-refractivity contribution >= 4 is 60.6 Å². The van der Waals surface area contributed by atoms with Crippen molar-refractivity contribution < 1.29 is 0 Å². The minimum absolute atomic E-state index is 0.441. The molecular weight excluding hydrogens is 909 g/mol. The van der Waals surface area contributed by atoms with Gasteiger partial charge in [0, 0.05) is 59.1 Å². The van der Waals surface area contributed by atoms with Crippen molar-refractivity contribution in [2.45, 2.75) is 0 Å². The molecule has 0 radical (unpaired) electrons. The molecule has 0 fully saturated rings. The van der Waals surface area contributed by atoms with Crippen molar-refractivity contribution in [3.8, 4) is 94.2 Å². The number of hydrogen-bond donors (Lipinski definition) is 0. The molecule has 6 nitrogen and oxygen atoms in total. The van der Waals surface area contributed by atoms with Crippen LogP contribution in [0.5, 0.6) is 0 Å². The first-order chi connectivity index (χ1) is 36.1. The lowest BCUT2D eigenvalue weighted by Gasteiger charge is -2.17. The summed E-state index contributed by atoms with van der Waals surface area (Å²) in [6.45, 7) is 8.87. The molecule has 0 atom stereocenters. The van der Waals surface area contributed by atoms with Crippen molar-refractivity contribution in [3.63, 3.8) is 0 Å². The van der Waals surface area contributed by atoms with Crippen LogP contribution >= 0.6 is 11.3 Å². The van der Waals surface area contributed by atoms with E-state index in [0.717, 1.165) is 109 Å². The first kappa shape index (κ1) is 43.1. The summed E-state index contributed by atoms with van der Waals surface area (Å²) in [5.41, 5.74) is 16.0. The van der Waals surface area contributed by atoms with Crippen LogP contribution in [0, 0.1) is 17.9 Å². The van der Waals surface area contributed by atoms with Gasteiger partial charge in [-0.05, 0) is 52.1 Å². The molecule has 0 bridgehead atoms. The lowest BCUT2D eigenvalue weighted by Crippen LogP contribution is -1.98. The minimum Gasteiger partial charge on any atom is -0.257 e. The van der Waals surface area contributed by atoms with E-state index < -0.39 is 0 Å². The van der Waals surface area contributed by atoms with Crippen molar-refractivity contribution in [2.24, 2.45) is 0 Å². The van der Waals surface area contributed by atoms with Gasteiger partial charge in [-0.3, -0.25) is 4.98 Å². The summed E-state index contributed by atoms with van der Waals surface area (Å²) >= 11 is 1.56. The zero-order valence-corrected chi connectivity index (χ0v) is 39.8. The van der Waals surface area contributed by atoms with Crippen molar-refractivity contribution in [2.75, 3.05) is 0 Å². The van der Waals surface area contributed by atoms with Gasteiger partial charge in [-0.25, -0.2) is 19.8 Å². The maximum Gasteiger partial charge on any atom is 0.222 e. The van der Waals surface area contributed by atoms with Crippen LogP contribution in [0.1, 0.15) is 5.56 Å². The van der Waals surface area contributed by atoms with Gasteiger partial charge in [0.2, 0.25) is 5.69 Å². The molecule has 5 heterocycles. The fraction of sp³-hybridized carbons (Fsp3) is 0. The van der Waals surface area contributed by atoms with Gasteiger partial charge in [0.1, 0.15) is 6.07 Å². The zero-order chi connectivity index (χ0) is 48.8. The second kappa shape index (κ2) is 18.1. The molecule has 0 spiro atoms. The van der Waals surface area contributed by atoms with Gasteiger partial charge in [-0.1, -0.05) is 206 Å². The highest BCUT2D eigenvalue weighted by Gasteiger charge is 2.26. The lowest BCUT2D eigenvalue weighted by molar-refractivity contribution is 1.35. The zero-order valence-electron chi connectivity index (χ0n) is 39.0. The van der Waals surface area contributed by atoms with Gasteiger partial charge in [-0.2, -0.15) is 5.26 Å². The van der Waals surface area contributed by atoms with Crippen LogP contribution < -0.4 is 0 Å². The first-order valence-corrected chi connectivity index (χ1v) is 24.8. The molecule has 0 amide bonds. The summed E-state index contributed by atoms with van der Waals surface area (Å²) < 4.78 is 0. The molecule has 0 saturated heterocycles. The van der Waals surface area contributed by atoms with Gasteiger partial charge < -0.3 is 0 Å². The Labute approximate surface area is 425 Å². The molecule has 0 unspecified atom stereocenters. The van der Waals surface area contributed by atoms with E-state index in [2.05, 4.69) is 132 Å². The van der Waals surface area contributed by atoms with E-state index in [1.54, 1.807) is 11.3 Å². The van der Waals surface area contributed by atoms with E-state index in [9.17, 15) is 5.26 Å². The molecular formula is C66H38N6S. The molecule has 0 aliphatic heterocycles. The molecule has 338 valence electrons. The summed E-state index contributed by atoms with van der Waals surface area (Å²) in [4.78, 5) is 27.7. The Hall–Kier alpha value is -9.92. The minimum atomic E-state index is 0.441. The fourth-order valence-corrected chi connectivity index (χ4v) is 11.3. The molecule has 0 aliphatic rings. The van der Waals surface area contributed by atoms with Crippen molar-refractivity contribution in [1.82, 2.24) is 19.9 Å².